The number of carbonyl (C=O) groups excluding carboxylic acids is 1. The standard InChI is InChI=1S/C17H23ClN4O2/c1-17(2,3)22-16(23)24-13-7-5-12(6-8-13)20-14-9-4-11(10-19)15(18)21-14/h4,9,12-13H,5-8H2,1-3H3,(H,20,21)(H,22,23). The van der Waals surface area contributed by atoms with E-state index in [1.165, 1.54) is 0 Å². The summed E-state index contributed by atoms with van der Waals surface area (Å²) < 4.78 is 5.46. The van der Waals surface area contributed by atoms with Gasteiger partial charge < -0.3 is 15.4 Å². The van der Waals surface area contributed by atoms with Crippen molar-refractivity contribution in [3.05, 3.63) is 22.8 Å². The molecular formula is C17H23ClN4O2. The van der Waals surface area contributed by atoms with Crippen molar-refractivity contribution in [2.45, 2.75) is 64.1 Å². The fraction of sp³-hybridized carbons (Fsp3) is 0.588. The summed E-state index contributed by atoms with van der Waals surface area (Å²) in [7, 11) is 0. The van der Waals surface area contributed by atoms with Crippen LogP contribution in [-0.4, -0.2) is 28.8 Å². The van der Waals surface area contributed by atoms with Crippen LogP contribution in [0, 0.1) is 11.3 Å². The number of nitriles is 1. The van der Waals surface area contributed by atoms with E-state index in [1.54, 1.807) is 12.1 Å². The maximum atomic E-state index is 11.8. The molecule has 0 saturated heterocycles. The van der Waals surface area contributed by atoms with E-state index in [-0.39, 0.29) is 28.9 Å². The van der Waals surface area contributed by atoms with Gasteiger partial charge in [-0.2, -0.15) is 5.26 Å². The van der Waals surface area contributed by atoms with Crippen molar-refractivity contribution in [3.63, 3.8) is 0 Å². The van der Waals surface area contributed by atoms with Crippen LogP contribution in [0.25, 0.3) is 0 Å². The van der Waals surface area contributed by atoms with Gasteiger partial charge in [0.25, 0.3) is 0 Å². The highest BCUT2D eigenvalue weighted by Crippen LogP contribution is 2.25. The first-order chi connectivity index (χ1) is 11.3. The van der Waals surface area contributed by atoms with Crippen molar-refractivity contribution in [2.75, 3.05) is 5.32 Å². The molecule has 0 spiro atoms. The summed E-state index contributed by atoms with van der Waals surface area (Å²) in [6, 6.07) is 5.66. The van der Waals surface area contributed by atoms with E-state index in [9.17, 15) is 4.79 Å². The van der Waals surface area contributed by atoms with Crippen molar-refractivity contribution in [1.29, 1.82) is 5.26 Å². The molecule has 1 heterocycles. The number of rotatable bonds is 3. The lowest BCUT2D eigenvalue weighted by Crippen LogP contribution is -2.43. The fourth-order valence-electron chi connectivity index (χ4n) is 2.62. The summed E-state index contributed by atoms with van der Waals surface area (Å²) >= 11 is 5.94. The van der Waals surface area contributed by atoms with Crippen molar-refractivity contribution < 1.29 is 9.53 Å². The average Bonchev–Trinajstić information content (AvgIpc) is 2.47. The maximum absolute atomic E-state index is 11.8. The van der Waals surface area contributed by atoms with Crippen LogP contribution in [0.2, 0.25) is 5.15 Å². The van der Waals surface area contributed by atoms with E-state index in [4.69, 9.17) is 21.6 Å². The number of ether oxygens (including phenoxy) is 1. The third-order valence-electron chi connectivity index (χ3n) is 3.75. The number of aromatic nitrogens is 1. The van der Waals surface area contributed by atoms with Crippen LogP contribution in [0.5, 0.6) is 0 Å². The molecule has 1 fully saturated rings. The van der Waals surface area contributed by atoms with Crippen LogP contribution in [0.3, 0.4) is 0 Å². The molecule has 130 valence electrons. The second kappa shape index (κ2) is 7.71. The van der Waals surface area contributed by atoms with Gasteiger partial charge in [-0.1, -0.05) is 11.6 Å². The number of hydrogen-bond donors (Lipinski definition) is 2. The first-order valence-corrected chi connectivity index (χ1v) is 8.46. The Kier molecular flexibility index (Phi) is 5.89. The minimum atomic E-state index is -0.362. The van der Waals surface area contributed by atoms with Gasteiger partial charge in [-0.05, 0) is 58.6 Å². The Morgan fingerprint density at radius 3 is 2.54 bits per heavy atom. The van der Waals surface area contributed by atoms with Crippen LogP contribution >= 0.6 is 11.6 Å². The molecule has 1 amide bonds. The molecule has 0 aliphatic heterocycles. The number of pyridine rings is 1. The normalized spacial score (nSPS) is 20.8. The first kappa shape index (κ1) is 18.3. The number of hydrogen-bond acceptors (Lipinski definition) is 5. The van der Waals surface area contributed by atoms with E-state index >= 15 is 0 Å². The third kappa shape index (κ3) is 5.57. The molecule has 24 heavy (non-hydrogen) atoms. The minimum Gasteiger partial charge on any atom is -0.446 e. The molecule has 1 aromatic heterocycles. The number of amides is 1. The quantitative estimate of drug-likeness (QED) is 0.808. The van der Waals surface area contributed by atoms with Crippen LogP contribution < -0.4 is 10.6 Å². The monoisotopic (exact) mass is 350 g/mol. The fourth-order valence-corrected chi connectivity index (χ4v) is 2.82. The first-order valence-electron chi connectivity index (χ1n) is 8.09. The molecule has 0 radical (unpaired) electrons. The second-order valence-electron chi connectivity index (χ2n) is 7.04. The van der Waals surface area contributed by atoms with Gasteiger partial charge >= 0.3 is 6.09 Å². The zero-order valence-corrected chi connectivity index (χ0v) is 15.0. The highest BCUT2D eigenvalue weighted by molar-refractivity contribution is 6.30. The summed E-state index contributed by atoms with van der Waals surface area (Å²) in [4.78, 5) is 16.0. The number of nitrogens with zero attached hydrogens (tertiary/aromatic N) is 2. The minimum absolute atomic E-state index is 0.0529. The maximum Gasteiger partial charge on any atom is 0.407 e. The van der Waals surface area contributed by atoms with Crippen molar-refractivity contribution in [2.24, 2.45) is 0 Å². The van der Waals surface area contributed by atoms with Gasteiger partial charge in [0, 0.05) is 11.6 Å². The summed E-state index contributed by atoms with van der Waals surface area (Å²) in [5.41, 5.74) is 0.0697. The molecule has 6 nitrogen and oxygen atoms in total. The van der Waals surface area contributed by atoms with E-state index in [2.05, 4.69) is 15.6 Å². The summed E-state index contributed by atoms with van der Waals surface area (Å²) in [5, 5.41) is 15.2. The van der Waals surface area contributed by atoms with E-state index in [0.29, 0.717) is 11.4 Å². The van der Waals surface area contributed by atoms with Crippen molar-refractivity contribution in [1.82, 2.24) is 10.3 Å². The van der Waals surface area contributed by atoms with E-state index in [0.717, 1.165) is 25.7 Å². The Labute approximate surface area is 147 Å². The Bertz CT molecular complexity index is 628. The lowest BCUT2D eigenvalue weighted by molar-refractivity contribution is 0.0682. The topological polar surface area (TPSA) is 87.0 Å². The SMILES string of the molecule is CC(C)(C)NC(=O)OC1CCC(Nc2ccc(C#N)c(Cl)n2)CC1. The Hall–Kier alpha value is -2.00. The molecule has 1 aliphatic rings. The Balaban J connectivity index is 1.80. The molecule has 7 heteroatoms. The van der Waals surface area contributed by atoms with Gasteiger partial charge in [-0.15, -0.1) is 0 Å². The molecule has 0 aromatic carbocycles. The van der Waals surface area contributed by atoms with Crippen molar-refractivity contribution >= 4 is 23.5 Å². The van der Waals surface area contributed by atoms with E-state index < -0.39 is 0 Å². The molecule has 1 aromatic rings. The second-order valence-corrected chi connectivity index (χ2v) is 7.40. The van der Waals surface area contributed by atoms with Crippen LogP contribution in [0.4, 0.5) is 10.6 Å². The average molecular weight is 351 g/mol. The number of halogens is 1. The Morgan fingerprint density at radius 1 is 1.33 bits per heavy atom. The van der Waals surface area contributed by atoms with Crippen molar-refractivity contribution in [3.8, 4) is 6.07 Å². The summed E-state index contributed by atoms with van der Waals surface area (Å²) in [5.74, 6) is 0.661. The number of nitrogens with one attached hydrogen (secondary N) is 2. The summed E-state index contributed by atoms with van der Waals surface area (Å²) in [6.45, 7) is 5.76. The molecule has 1 aliphatic carbocycles. The number of anilines is 1. The molecule has 0 bridgehead atoms. The van der Waals surface area contributed by atoms with E-state index in [1.807, 2.05) is 26.8 Å². The molecule has 2 N–H and O–H groups in total. The third-order valence-corrected chi connectivity index (χ3v) is 4.03. The number of carbonyl (C=O) groups is 1. The smallest absolute Gasteiger partial charge is 0.407 e. The predicted octanol–water partition coefficient (Wildman–Crippen LogP) is 3.85. The lowest BCUT2D eigenvalue weighted by Gasteiger charge is -2.30. The largest absolute Gasteiger partial charge is 0.446 e. The van der Waals surface area contributed by atoms with Crippen LogP contribution in [-0.2, 0) is 4.74 Å². The molecule has 2 rings (SSSR count). The lowest BCUT2D eigenvalue weighted by atomic mass is 9.93. The van der Waals surface area contributed by atoms with Gasteiger partial charge in [0.2, 0.25) is 0 Å². The molecule has 0 atom stereocenters. The van der Waals surface area contributed by atoms with Gasteiger partial charge in [0.05, 0.1) is 5.56 Å². The van der Waals surface area contributed by atoms with Crippen LogP contribution in [0.15, 0.2) is 12.1 Å². The predicted molar refractivity (Wildman–Crippen MR) is 93.0 cm³/mol. The summed E-state index contributed by atoms with van der Waals surface area (Å²) in [6.07, 6.45) is 2.96. The molecule has 1 saturated carbocycles. The van der Waals surface area contributed by atoms with Gasteiger partial charge in [-0.25, -0.2) is 9.78 Å². The van der Waals surface area contributed by atoms with Crippen LogP contribution in [0.1, 0.15) is 52.0 Å². The Morgan fingerprint density at radius 2 is 2.00 bits per heavy atom. The zero-order valence-electron chi connectivity index (χ0n) is 14.2. The van der Waals surface area contributed by atoms with Gasteiger partial charge in [0.1, 0.15) is 23.1 Å². The highest BCUT2D eigenvalue weighted by Gasteiger charge is 2.25. The molecular weight excluding hydrogens is 328 g/mol. The van der Waals surface area contributed by atoms with Gasteiger partial charge in [-0.3, -0.25) is 0 Å². The highest BCUT2D eigenvalue weighted by atomic mass is 35.5. The molecule has 0 unspecified atom stereocenters. The zero-order chi connectivity index (χ0) is 17.7. The van der Waals surface area contributed by atoms with Gasteiger partial charge in [0.15, 0.2) is 0 Å². The number of alkyl carbamates (subject to hydrolysis) is 1.